The third kappa shape index (κ3) is 95.2. The van der Waals surface area contributed by atoms with Crippen LogP contribution in [0.2, 0.25) is 0 Å². The zero-order valence-electron chi connectivity index (χ0n) is 80.6. The molecule has 0 rings (SSSR count). The Balaban J connectivity index is -0.00000171. The van der Waals surface area contributed by atoms with Crippen LogP contribution in [0.5, 0.6) is 0 Å². The van der Waals surface area contributed by atoms with Crippen LogP contribution >= 0.6 is 0 Å². The molecule has 0 saturated heterocycles. The summed E-state index contributed by atoms with van der Waals surface area (Å²) in [5, 5.41) is 0. The van der Waals surface area contributed by atoms with Crippen LogP contribution in [0.1, 0.15) is 622 Å². The summed E-state index contributed by atoms with van der Waals surface area (Å²) in [4.78, 5) is 62.9. The second kappa shape index (κ2) is 101. The fraction of sp³-hybridized carbons (Fsp3) is 0.953. The van der Waals surface area contributed by atoms with Gasteiger partial charge in [-0.05, 0) is 148 Å². The molecule has 10 nitrogen and oxygen atoms in total. The molecule has 5 atom stereocenters. The van der Waals surface area contributed by atoms with Gasteiger partial charge in [0.2, 0.25) is 0 Å². The van der Waals surface area contributed by atoms with E-state index in [1.54, 1.807) is 0 Å². The molecule has 0 aromatic heterocycles. The molecular formula is C106H208O10. The van der Waals surface area contributed by atoms with E-state index in [9.17, 15) is 24.0 Å². The first-order chi connectivity index (χ1) is 56.9. The van der Waals surface area contributed by atoms with Gasteiger partial charge in [0, 0.05) is 19.3 Å². The third-order valence-electron chi connectivity index (χ3n) is 24.1. The smallest absolute Gasteiger partial charge is 0.306 e. The second-order valence-electron chi connectivity index (χ2n) is 36.1. The molecule has 0 heterocycles. The number of rotatable bonds is 92. The monoisotopic (exact) mass is 1640 g/mol. The summed E-state index contributed by atoms with van der Waals surface area (Å²) in [6.45, 7) is 24.8. The number of hydrogen-bond acceptors (Lipinski definition) is 10. The van der Waals surface area contributed by atoms with Crippen LogP contribution < -0.4 is 0 Å². The Hall–Kier alpha value is -2.65. The van der Waals surface area contributed by atoms with Crippen LogP contribution in [0, 0.1) is 0 Å². The molecule has 0 bridgehead atoms. The Morgan fingerprint density at radius 1 is 0.129 bits per heavy atom. The van der Waals surface area contributed by atoms with Crippen molar-refractivity contribution >= 4 is 29.8 Å². The Morgan fingerprint density at radius 2 is 0.224 bits per heavy atom. The zero-order chi connectivity index (χ0) is 85.4. The summed E-state index contributed by atoms with van der Waals surface area (Å²) in [6, 6.07) is 0. The van der Waals surface area contributed by atoms with E-state index in [1.807, 2.05) is 0 Å². The van der Waals surface area contributed by atoms with E-state index in [2.05, 4.69) is 76.2 Å². The molecule has 116 heavy (non-hydrogen) atoms. The normalized spacial score (nSPS) is 12.6. The van der Waals surface area contributed by atoms with Crippen LogP contribution in [0.3, 0.4) is 0 Å². The third-order valence-corrected chi connectivity index (χ3v) is 24.1. The molecule has 0 N–H and O–H groups in total. The topological polar surface area (TPSA) is 132 Å². The molecule has 0 radical (unpaired) electrons. The van der Waals surface area contributed by atoms with Gasteiger partial charge in [0.25, 0.3) is 0 Å². The van der Waals surface area contributed by atoms with E-state index < -0.39 is 0 Å². The van der Waals surface area contributed by atoms with Gasteiger partial charge in [-0.25, -0.2) is 0 Å². The van der Waals surface area contributed by atoms with Crippen molar-refractivity contribution in [1.29, 1.82) is 0 Å². The number of carbonyl (C=O) groups is 5. The Kier molecular flexibility index (Phi) is 102. The van der Waals surface area contributed by atoms with Crippen molar-refractivity contribution < 1.29 is 47.7 Å². The summed E-state index contributed by atoms with van der Waals surface area (Å²) >= 11 is 0. The van der Waals surface area contributed by atoms with E-state index in [4.69, 9.17) is 23.7 Å². The van der Waals surface area contributed by atoms with E-state index >= 15 is 0 Å². The lowest BCUT2D eigenvalue weighted by Crippen LogP contribution is -2.21. The van der Waals surface area contributed by atoms with Crippen molar-refractivity contribution in [1.82, 2.24) is 0 Å². The quantitative estimate of drug-likeness (QED) is 0.0329. The van der Waals surface area contributed by atoms with E-state index in [0.29, 0.717) is 19.3 Å². The fourth-order valence-electron chi connectivity index (χ4n) is 16.2. The maximum atomic E-state index is 12.7. The van der Waals surface area contributed by atoms with Gasteiger partial charge in [-0.15, -0.1) is 0 Å². The Morgan fingerprint density at radius 3 is 0.345 bits per heavy atom. The first kappa shape index (κ1) is 117. The SMILES string of the molecule is CCCCCCCCC(CCCCCCC)OC(=O)CCC(=O)OC(CCCCCCC)CCCCCCCC.CCCCCCCCC(CCCCCCC)OC(=O)CCCCCCCCCCC(=O)OC(CCCCCCC)CCCCCCCC.CCCCCCCCCC(=O)OC(CCCCCCC)CCCCCCCC. The van der Waals surface area contributed by atoms with Gasteiger partial charge >= 0.3 is 29.8 Å². The molecular weight excluding hydrogens is 1430 g/mol. The number of unbranched alkanes of at least 4 members (excludes halogenated alkanes) is 58. The minimum atomic E-state index is -0.228. The molecule has 10 heteroatoms. The van der Waals surface area contributed by atoms with E-state index in [1.165, 1.54) is 392 Å². The van der Waals surface area contributed by atoms with E-state index in [0.717, 1.165) is 122 Å². The molecule has 692 valence electrons. The van der Waals surface area contributed by atoms with Crippen molar-refractivity contribution in [3.8, 4) is 0 Å². The number of hydrogen-bond donors (Lipinski definition) is 0. The van der Waals surface area contributed by atoms with Crippen LogP contribution in [-0.2, 0) is 47.7 Å². The highest BCUT2D eigenvalue weighted by atomic mass is 16.6. The molecule has 0 amide bonds. The molecule has 0 spiro atoms. The zero-order valence-corrected chi connectivity index (χ0v) is 80.6. The molecule has 5 unspecified atom stereocenters. The molecule has 0 aromatic rings. The lowest BCUT2D eigenvalue weighted by atomic mass is 10.0. The lowest BCUT2D eigenvalue weighted by molar-refractivity contribution is -0.156. The van der Waals surface area contributed by atoms with Gasteiger partial charge in [-0.3, -0.25) is 24.0 Å². The van der Waals surface area contributed by atoms with Gasteiger partial charge in [0.05, 0.1) is 12.8 Å². The first-order valence-electron chi connectivity index (χ1n) is 52.8. The Bertz CT molecular complexity index is 1840. The number of carbonyl (C=O) groups excluding carboxylic acids is 5. The van der Waals surface area contributed by atoms with Gasteiger partial charge in [0.1, 0.15) is 30.5 Å². The molecule has 0 aliphatic rings. The molecule has 0 saturated carbocycles. The van der Waals surface area contributed by atoms with Crippen molar-refractivity contribution in [2.75, 3.05) is 0 Å². The standard InChI is InChI=1S/C44H86O4.C36H70O4.C26H52O2/c1-5-9-13-17-25-31-37-41(35-29-23-15-11-7-3)47-43(45)39-33-27-21-19-20-22-28-34-40-44(46)48-42(36-30-24-16-12-8-4)38-32-26-18-14-10-6-2;1-5-9-13-17-21-25-29-33(27-23-19-15-11-7-3)39-35(37)31-32-36(38)40-34(28-24-20-16-12-8-4)30-26-22-18-14-10-6-2;1-4-7-10-13-15-18-21-24-26(27)28-25(22-19-16-12-9-6-3)23-20-17-14-11-8-5-2/h41-42H,5-40H2,1-4H3;33-34H,5-32H2,1-4H3;25H,4-24H2,1-3H3. The van der Waals surface area contributed by atoms with Crippen molar-refractivity contribution in [2.24, 2.45) is 0 Å². The molecule has 0 aromatic carbocycles. The maximum Gasteiger partial charge on any atom is 0.306 e. The van der Waals surface area contributed by atoms with Crippen LogP contribution in [0.4, 0.5) is 0 Å². The molecule has 0 fully saturated rings. The van der Waals surface area contributed by atoms with Crippen molar-refractivity contribution in [2.45, 2.75) is 652 Å². The van der Waals surface area contributed by atoms with Crippen LogP contribution in [0.25, 0.3) is 0 Å². The maximum absolute atomic E-state index is 12.7. The lowest BCUT2D eigenvalue weighted by Gasteiger charge is -2.19. The first-order valence-corrected chi connectivity index (χ1v) is 52.8. The fourth-order valence-corrected chi connectivity index (χ4v) is 16.2. The molecule has 0 aliphatic heterocycles. The average molecular weight is 1640 g/mol. The summed E-state index contributed by atoms with van der Waals surface area (Å²) in [6.07, 6.45) is 100.0. The van der Waals surface area contributed by atoms with Crippen molar-refractivity contribution in [3.05, 3.63) is 0 Å². The van der Waals surface area contributed by atoms with Crippen LogP contribution in [-0.4, -0.2) is 60.4 Å². The minimum absolute atomic E-state index is 0.0000930. The highest BCUT2D eigenvalue weighted by Gasteiger charge is 2.21. The van der Waals surface area contributed by atoms with Crippen molar-refractivity contribution in [3.63, 3.8) is 0 Å². The second-order valence-corrected chi connectivity index (χ2v) is 36.1. The van der Waals surface area contributed by atoms with E-state index in [-0.39, 0.29) is 73.2 Å². The minimum Gasteiger partial charge on any atom is -0.462 e. The Labute approximate surface area is 725 Å². The highest BCUT2D eigenvalue weighted by molar-refractivity contribution is 5.77. The predicted molar refractivity (Wildman–Crippen MR) is 504 cm³/mol. The summed E-state index contributed by atoms with van der Waals surface area (Å²) in [5.41, 5.74) is 0. The van der Waals surface area contributed by atoms with Gasteiger partial charge in [0.15, 0.2) is 0 Å². The predicted octanol–water partition coefficient (Wildman–Crippen LogP) is 35.9. The van der Waals surface area contributed by atoms with Gasteiger partial charge in [-0.1, -0.05) is 442 Å². The summed E-state index contributed by atoms with van der Waals surface area (Å²) < 4.78 is 29.7. The largest absolute Gasteiger partial charge is 0.462 e. The summed E-state index contributed by atoms with van der Waals surface area (Å²) in [5.74, 6) is -0.352. The highest BCUT2D eigenvalue weighted by Crippen LogP contribution is 2.25. The number of esters is 5. The molecule has 0 aliphatic carbocycles. The van der Waals surface area contributed by atoms with Gasteiger partial charge in [-0.2, -0.15) is 0 Å². The average Bonchev–Trinajstić information content (AvgIpc) is 0.828. The number of ether oxygens (including phenoxy) is 5. The summed E-state index contributed by atoms with van der Waals surface area (Å²) in [7, 11) is 0. The van der Waals surface area contributed by atoms with Gasteiger partial charge < -0.3 is 23.7 Å². The van der Waals surface area contributed by atoms with Crippen LogP contribution in [0.15, 0.2) is 0 Å².